The molecule has 1 aromatic rings. The van der Waals surface area contributed by atoms with E-state index < -0.39 is 4.92 Å². The Balaban J connectivity index is 1.78. The van der Waals surface area contributed by atoms with Gasteiger partial charge in [-0.3, -0.25) is 15.0 Å². The third kappa shape index (κ3) is 2.64. The topological polar surface area (TPSA) is 62.5 Å². The van der Waals surface area contributed by atoms with E-state index in [1.54, 1.807) is 0 Å². The molecule has 0 N–H and O–H groups in total. The third-order valence-corrected chi connectivity index (χ3v) is 3.90. The lowest BCUT2D eigenvalue weighted by Crippen LogP contribution is -2.47. The predicted molar refractivity (Wildman–Crippen MR) is 72.7 cm³/mol. The van der Waals surface area contributed by atoms with Crippen molar-refractivity contribution in [3.8, 4) is 0 Å². The van der Waals surface area contributed by atoms with Crippen LogP contribution in [-0.4, -0.2) is 47.0 Å². The molecule has 6 nitrogen and oxygen atoms in total. The van der Waals surface area contributed by atoms with Gasteiger partial charge in [0, 0.05) is 38.3 Å². The fraction of sp³-hybridized carbons (Fsp3) is 0.583. The molecule has 0 unspecified atom stereocenters. The van der Waals surface area contributed by atoms with Gasteiger partial charge in [0.1, 0.15) is 5.15 Å². The van der Waals surface area contributed by atoms with E-state index in [0.717, 1.165) is 32.2 Å². The van der Waals surface area contributed by atoms with Crippen LogP contribution in [0.25, 0.3) is 0 Å². The highest BCUT2D eigenvalue weighted by molar-refractivity contribution is 6.29. The van der Waals surface area contributed by atoms with Crippen LogP contribution < -0.4 is 4.90 Å². The van der Waals surface area contributed by atoms with E-state index in [-0.39, 0.29) is 5.69 Å². The van der Waals surface area contributed by atoms with Gasteiger partial charge in [0.05, 0.1) is 4.92 Å². The number of nitro groups is 1. The minimum atomic E-state index is -0.397. The lowest BCUT2D eigenvalue weighted by Gasteiger charge is -2.35. The SMILES string of the molecule is O=[N+]([O-])c1ccc(Cl)nc1N1CCN(C2CC2)CC1. The molecule has 0 spiro atoms. The molecule has 7 heteroatoms. The standard InChI is InChI=1S/C12H15ClN4O2/c13-11-4-3-10(17(18)19)12(14-11)16-7-5-15(6-8-16)9-1-2-9/h3-4,9H,1-2,5-8H2. The zero-order chi connectivity index (χ0) is 13.4. The minimum absolute atomic E-state index is 0.0317. The summed E-state index contributed by atoms with van der Waals surface area (Å²) in [5, 5.41) is 11.3. The Morgan fingerprint density at radius 1 is 1.26 bits per heavy atom. The largest absolute Gasteiger partial charge is 0.348 e. The van der Waals surface area contributed by atoms with Crippen LogP contribution in [-0.2, 0) is 0 Å². The molecule has 0 aromatic carbocycles. The van der Waals surface area contributed by atoms with Gasteiger partial charge in [-0.15, -0.1) is 0 Å². The molecule has 2 aliphatic rings. The maximum Gasteiger partial charge on any atom is 0.311 e. The maximum absolute atomic E-state index is 11.0. The monoisotopic (exact) mass is 282 g/mol. The molecule has 1 aromatic heterocycles. The molecular weight excluding hydrogens is 268 g/mol. The fourth-order valence-corrected chi connectivity index (χ4v) is 2.67. The van der Waals surface area contributed by atoms with E-state index >= 15 is 0 Å². The summed E-state index contributed by atoms with van der Waals surface area (Å²) in [4.78, 5) is 19.2. The van der Waals surface area contributed by atoms with Crippen molar-refractivity contribution < 1.29 is 4.92 Å². The summed E-state index contributed by atoms with van der Waals surface area (Å²) in [5.74, 6) is 0.396. The van der Waals surface area contributed by atoms with Gasteiger partial charge < -0.3 is 4.90 Å². The Bertz CT molecular complexity index is 499. The molecule has 0 atom stereocenters. The van der Waals surface area contributed by atoms with E-state index in [1.165, 1.54) is 25.0 Å². The van der Waals surface area contributed by atoms with Crippen molar-refractivity contribution >= 4 is 23.1 Å². The summed E-state index contributed by atoms with van der Waals surface area (Å²) >= 11 is 5.86. The molecular formula is C12H15ClN4O2. The van der Waals surface area contributed by atoms with Crippen LogP contribution in [0.15, 0.2) is 12.1 Å². The number of nitrogens with zero attached hydrogens (tertiary/aromatic N) is 4. The van der Waals surface area contributed by atoms with Crippen molar-refractivity contribution in [1.82, 2.24) is 9.88 Å². The van der Waals surface area contributed by atoms with Gasteiger partial charge in [0.25, 0.3) is 0 Å². The van der Waals surface area contributed by atoms with Crippen LogP contribution in [0, 0.1) is 10.1 Å². The first-order valence-corrected chi connectivity index (χ1v) is 6.83. The number of aromatic nitrogens is 1. The van der Waals surface area contributed by atoms with E-state index in [2.05, 4.69) is 9.88 Å². The van der Waals surface area contributed by atoms with E-state index in [4.69, 9.17) is 11.6 Å². The number of halogens is 1. The number of rotatable bonds is 3. The number of anilines is 1. The smallest absolute Gasteiger partial charge is 0.311 e. The highest BCUT2D eigenvalue weighted by Crippen LogP contribution is 2.31. The van der Waals surface area contributed by atoms with Gasteiger partial charge >= 0.3 is 5.69 Å². The summed E-state index contributed by atoms with van der Waals surface area (Å²) in [7, 11) is 0. The van der Waals surface area contributed by atoms with Gasteiger partial charge in [0.2, 0.25) is 5.82 Å². The van der Waals surface area contributed by atoms with Crippen LogP contribution in [0.3, 0.4) is 0 Å². The highest BCUT2D eigenvalue weighted by Gasteiger charge is 2.33. The minimum Gasteiger partial charge on any atom is -0.348 e. The van der Waals surface area contributed by atoms with Crippen molar-refractivity contribution in [3.05, 3.63) is 27.4 Å². The Morgan fingerprint density at radius 2 is 1.95 bits per heavy atom. The molecule has 1 saturated heterocycles. The average molecular weight is 283 g/mol. The summed E-state index contributed by atoms with van der Waals surface area (Å²) in [6.45, 7) is 3.42. The first kappa shape index (κ1) is 12.6. The molecule has 2 fully saturated rings. The molecule has 3 rings (SSSR count). The molecule has 102 valence electrons. The zero-order valence-corrected chi connectivity index (χ0v) is 11.2. The van der Waals surface area contributed by atoms with Gasteiger partial charge in [-0.05, 0) is 18.9 Å². The summed E-state index contributed by atoms with van der Waals surface area (Å²) in [6.07, 6.45) is 2.57. The van der Waals surface area contributed by atoms with Crippen molar-refractivity contribution in [3.63, 3.8) is 0 Å². The van der Waals surface area contributed by atoms with Gasteiger partial charge in [0.15, 0.2) is 0 Å². The molecule has 19 heavy (non-hydrogen) atoms. The summed E-state index contributed by atoms with van der Waals surface area (Å²) < 4.78 is 0. The van der Waals surface area contributed by atoms with Crippen LogP contribution in [0.1, 0.15) is 12.8 Å². The predicted octanol–water partition coefficient (Wildman–Crippen LogP) is 1.93. The van der Waals surface area contributed by atoms with Crippen LogP contribution in [0.2, 0.25) is 5.15 Å². The Hall–Kier alpha value is -1.40. The van der Waals surface area contributed by atoms with Crippen molar-refractivity contribution in [2.45, 2.75) is 18.9 Å². The number of pyridine rings is 1. The molecule has 1 saturated carbocycles. The molecule has 1 aliphatic heterocycles. The first-order valence-electron chi connectivity index (χ1n) is 6.45. The Labute approximate surface area is 116 Å². The second-order valence-electron chi connectivity index (χ2n) is 4.99. The second-order valence-corrected chi connectivity index (χ2v) is 5.38. The Morgan fingerprint density at radius 3 is 2.53 bits per heavy atom. The van der Waals surface area contributed by atoms with E-state index in [9.17, 15) is 10.1 Å². The molecule has 0 bridgehead atoms. The average Bonchev–Trinajstić information content (AvgIpc) is 3.23. The molecule has 2 heterocycles. The van der Waals surface area contributed by atoms with E-state index in [0.29, 0.717) is 11.0 Å². The molecule has 1 aliphatic carbocycles. The van der Waals surface area contributed by atoms with Gasteiger partial charge in [-0.1, -0.05) is 11.6 Å². The number of piperazine rings is 1. The van der Waals surface area contributed by atoms with Gasteiger partial charge in [-0.2, -0.15) is 0 Å². The summed E-state index contributed by atoms with van der Waals surface area (Å²) in [5.41, 5.74) is 0.0317. The number of hydrogen-bond donors (Lipinski definition) is 0. The first-order chi connectivity index (χ1) is 9.15. The van der Waals surface area contributed by atoms with Crippen molar-refractivity contribution in [2.75, 3.05) is 31.1 Å². The quantitative estimate of drug-likeness (QED) is 0.481. The van der Waals surface area contributed by atoms with Crippen LogP contribution >= 0.6 is 11.6 Å². The maximum atomic E-state index is 11.0. The van der Waals surface area contributed by atoms with Crippen molar-refractivity contribution in [2.24, 2.45) is 0 Å². The molecule has 0 radical (unpaired) electrons. The zero-order valence-electron chi connectivity index (χ0n) is 10.5. The van der Waals surface area contributed by atoms with Crippen molar-refractivity contribution in [1.29, 1.82) is 0 Å². The van der Waals surface area contributed by atoms with Crippen LogP contribution in [0.4, 0.5) is 11.5 Å². The molecule has 0 amide bonds. The fourth-order valence-electron chi connectivity index (χ4n) is 2.53. The number of hydrogen-bond acceptors (Lipinski definition) is 5. The lowest BCUT2D eigenvalue weighted by atomic mass is 10.3. The van der Waals surface area contributed by atoms with E-state index in [1.807, 2.05) is 4.90 Å². The normalized spacial score (nSPS) is 20.6. The summed E-state index contributed by atoms with van der Waals surface area (Å²) in [6, 6.07) is 3.63. The highest BCUT2D eigenvalue weighted by atomic mass is 35.5. The third-order valence-electron chi connectivity index (χ3n) is 3.69. The van der Waals surface area contributed by atoms with Crippen LogP contribution in [0.5, 0.6) is 0 Å². The second kappa shape index (κ2) is 4.94. The van der Waals surface area contributed by atoms with Gasteiger partial charge in [-0.25, -0.2) is 4.98 Å². The Kier molecular flexibility index (Phi) is 3.28. The lowest BCUT2D eigenvalue weighted by molar-refractivity contribution is -0.384.